The number of aromatic nitrogens is 2. The number of nitrogens with one attached hydrogen (secondary N) is 1. The third-order valence-electron chi connectivity index (χ3n) is 6.65. The van der Waals surface area contributed by atoms with E-state index in [4.69, 9.17) is 4.99 Å². The lowest BCUT2D eigenvalue weighted by Crippen LogP contribution is -2.42. The molecule has 2 aromatic carbocycles. The number of fused-ring (bicyclic) bond motifs is 1. The SMILES string of the molecule is Cc1nc(N2C[C@@H]3CN=C(NC(=O)c4ccccc4)S[C@@]3(c3ccccc3)C2)nc(C(C)(C)O)c1F. The predicted molar refractivity (Wildman–Crippen MR) is 140 cm³/mol. The molecule has 7 nitrogen and oxygen atoms in total. The zero-order chi connectivity index (χ0) is 25.5. The molecular formula is C27H28FN5O2S. The number of aliphatic imine (C=N–C) groups is 1. The van der Waals surface area contributed by atoms with Gasteiger partial charge in [-0.25, -0.2) is 14.4 Å². The van der Waals surface area contributed by atoms with Crippen molar-refractivity contribution in [2.24, 2.45) is 10.9 Å². The zero-order valence-electron chi connectivity index (χ0n) is 20.4. The van der Waals surface area contributed by atoms with Crippen molar-refractivity contribution < 1.29 is 14.3 Å². The Bertz CT molecular complexity index is 1310. The van der Waals surface area contributed by atoms with Crippen molar-refractivity contribution in [3.63, 3.8) is 0 Å². The highest BCUT2D eigenvalue weighted by molar-refractivity contribution is 8.14. The molecule has 5 rings (SSSR count). The van der Waals surface area contributed by atoms with Gasteiger partial charge in [0.1, 0.15) is 11.3 Å². The first-order valence-electron chi connectivity index (χ1n) is 11.8. The van der Waals surface area contributed by atoms with Crippen LogP contribution in [0.2, 0.25) is 0 Å². The van der Waals surface area contributed by atoms with E-state index in [1.165, 1.54) is 25.6 Å². The number of amides is 1. The van der Waals surface area contributed by atoms with E-state index < -0.39 is 16.2 Å². The Balaban J connectivity index is 1.48. The van der Waals surface area contributed by atoms with Gasteiger partial charge in [0.2, 0.25) is 5.95 Å². The number of aryl methyl sites for hydroxylation is 1. The molecule has 0 radical (unpaired) electrons. The topological polar surface area (TPSA) is 90.7 Å². The molecule has 2 aliphatic rings. The van der Waals surface area contributed by atoms with Gasteiger partial charge in [0.15, 0.2) is 11.0 Å². The highest BCUT2D eigenvalue weighted by Crippen LogP contribution is 2.51. The maximum absolute atomic E-state index is 14.7. The molecule has 0 aliphatic carbocycles. The van der Waals surface area contributed by atoms with Crippen LogP contribution in [0, 0.1) is 18.7 Å². The summed E-state index contributed by atoms with van der Waals surface area (Å²) in [6.45, 7) is 6.29. The Morgan fingerprint density at radius 1 is 1.14 bits per heavy atom. The van der Waals surface area contributed by atoms with E-state index in [0.717, 1.165) is 5.56 Å². The molecule has 3 heterocycles. The van der Waals surface area contributed by atoms with Crippen LogP contribution < -0.4 is 10.2 Å². The second-order valence-corrected chi connectivity index (χ2v) is 11.1. The maximum atomic E-state index is 14.7. The van der Waals surface area contributed by atoms with E-state index in [9.17, 15) is 14.3 Å². The maximum Gasteiger partial charge on any atom is 0.257 e. The van der Waals surface area contributed by atoms with Crippen molar-refractivity contribution in [2.45, 2.75) is 31.1 Å². The van der Waals surface area contributed by atoms with Crippen LogP contribution in [0.3, 0.4) is 0 Å². The van der Waals surface area contributed by atoms with Crippen LogP contribution in [0.25, 0.3) is 0 Å². The van der Waals surface area contributed by atoms with Crippen LogP contribution in [0.4, 0.5) is 10.3 Å². The number of amidine groups is 1. The average Bonchev–Trinajstić information content (AvgIpc) is 3.26. The molecular weight excluding hydrogens is 477 g/mol. The molecule has 0 bridgehead atoms. The molecule has 1 aromatic heterocycles. The number of thioether (sulfide) groups is 1. The van der Waals surface area contributed by atoms with E-state index in [0.29, 0.717) is 36.3 Å². The fourth-order valence-electron chi connectivity index (χ4n) is 4.78. The quantitative estimate of drug-likeness (QED) is 0.557. The van der Waals surface area contributed by atoms with E-state index in [2.05, 4.69) is 27.4 Å². The molecule has 2 aliphatic heterocycles. The fraction of sp³-hybridized carbons (Fsp3) is 0.333. The van der Waals surface area contributed by atoms with Gasteiger partial charge in [-0.1, -0.05) is 60.3 Å². The number of hydrogen-bond donors (Lipinski definition) is 2. The Labute approximate surface area is 213 Å². The summed E-state index contributed by atoms with van der Waals surface area (Å²) in [5, 5.41) is 14.1. The van der Waals surface area contributed by atoms with Crippen LogP contribution in [0.1, 0.15) is 41.2 Å². The zero-order valence-corrected chi connectivity index (χ0v) is 21.2. The summed E-state index contributed by atoms with van der Waals surface area (Å²) in [6, 6.07) is 19.2. The Morgan fingerprint density at radius 2 is 1.81 bits per heavy atom. The van der Waals surface area contributed by atoms with Gasteiger partial charge in [-0.2, -0.15) is 0 Å². The minimum atomic E-state index is -1.44. The van der Waals surface area contributed by atoms with Gasteiger partial charge in [0, 0.05) is 31.1 Å². The van der Waals surface area contributed by atoms with Crippen LogP contribution in [0.5, 0.6) is 0 Å². The van der Waals surface area contributed by atoms with Crippen molar-refractivity contribution in [3.05, 3.63) is 89.0 Å². The van der Waals surface area contributed by atoms with Crippen molar-refractivity contribution in [1.29, 1.82) is 0 Å². The number of nitrogens with zero attached hydrogens (tertiary/aromatic N) is 4. The second kappa shape index (κ2) is 9.29. The normalized spacial score (nSPS) is 21.6. The number of benzene rings is 2. The summed E-state index contributed by atoms with van der Waals surface area (Å²) in [5.74, 6) is -0.303. The van der Waals surface area contributed by atoms with E-state index >= 15 is 0 Å². The van der Waals surface area contributed by atoms with Crippen LogP contribution >= 0.6 is 11.8 Å². The molecule has 186 valence electrons. The molecule has 2 N–H and O–H groups in total. The predicted octanol–water partition coefficient (Wildman–Crippen LogP) is 4.02. The Kier molecular flexibility index (Phi) is 6.30. The molecule has 0 saturated carbocycles. The van der Waals surface area contributed by atoms with Crippen molar-refractivity contribution >= 4 is 28.8 Å². The first-order valence-corrected chi connectivity index (χ1v) is 12.7. The fourth-order valence-corrected chi connectivity index (χ4v) is 6.20. The van der Waals surface area contributed by atoms with E-state index in [-0.39, 0.29) is 23.2 Å². The minimum Gasteiger partial charge on any atom is -0.384 e. The lowest BCUT2D eigenvalue weighted by Gasteiger charge is -2.37. The monoisotopic (exact) mass is 505 g/mol. The standard InChI is InChI=1S/C27H28FN5O2S/c1-17-21(28)22(26(2,3)35)31-24(30-17)33-15-20-14-29-25(32-23(34)18-10-6-4-7-11-18)36-27(20,16-33)19-12-8-5-9-13-19/h4-13,20,35H,14-16H2,1-3H3,(H,29,32,34)/t20-,27+/m0/s1. The van der Waals surface area contributed by atoms with Gasteiger partial charge in [-0.05, 0) is 38.5 Å². The Morgan fingerprint density at radius 3 is 2.47 bits per heavy atom. The first-order chi connectivity index (χ1) is 17.2. The number of carbonyl (C=O) groups is 1. The van der Waals surface area contributed by atoms with Gasteiger partial charge in [0.05, 0.1) is 10.4 Å². The minimum absolute atomic E-state index is 0.0200. The van der Waals surface area contributed by atoms with Crippen LogP contribution in [0.15, 0.2) is 65.7 Å². The molecule has 3 aromatic rings. The van der Waals surface area contributed by atoms with Crippen LogP contribution in [-0.4, -0.2) is 45.8 Å². The molecule has 2 atom stereocenters. The molecule has 36 heavy (non-hydrogen) atoms. The van der Waals surface area contributed by atoms with Crippen molar-refractivity contribution in [3.8, 4) is 0 Å². The highest BCUT2D eigenvalue weighted by Gasteiger charge is 2.52. The van der Waals surface area contributed by atoms with Crippen molar-refractivity contribution in [2.75, 3.05) is 24.5 Å². The Hall–Kier alpha value is -3.30. The summed E-state index contributed by atoms with van der Waals surface area (Å²) in [7, 11) is 0. The van der Waals surface area contributed by atoms with E-state index in [1.807, 2.05) is 41.3 Å². The largest absolute Gasteiger partial charge is 0.384 e. The van der Waals surface area contributed by atoms with Crippen LogP contribution in [-0.2, 0) is 10.3 Å². The number of carbonyl (C=O) groups excluding carboxylic acids is 1. The number of rotatable bonds is 4. The molecule has 0 unspecified atom stereocenters. The second-order valence-electron chi connectivity index (χ2n) is 9.73. The smallest absolute Gasteiger partial charge is 0.257 e. The molecule has 1 saturated heterocycles. The highest BCUT2D eigenvalue weighted by atomic mass is 32.2. The van der Waals surface area contributed by atoms with Gasteiger partial charge < -0.3 is 15.3 Å². The lowest BCUT2D eigenvalue weighted by atomic mass is 9.87. The summed E-state index contributed by atoms with van der Waals surface area (Å²) in [5.41, 5.74) is 0.418. The lowest BCUT2D eigenvalue weighted by molar-refractivity contribution is 0.0691. The van der Waals surface area contributed by atoms with Gasteiger partial charge in [-0.15, -0.1) is 0 Å². The van der Waals surface area contributed by atoms with Gasteiger partial charge >= 0.3 is 0 Å². The molecule has 0 spiro atoms. The number of anilines is 1. The third-order valence-corrected chi connectivity index (χ3v) is 8.13. The summed E-state index contributed by atoms with van der Waals surface area (Å²) in [6.07, 6.45) is 0. The summed E-state index contributed by atoms with van der Waals surface area (Å²) >= 11 is 1.54. The molecule has 1 fully saturated rings. The number of halogens is 1. The van der Waals surface area contributed by atoms with Gasteiger partial charge in [0.25, 0.3) is 5.91 Å². The molecule has 1 amide bonds. The first kappa shape index (κ1) is 24.4. The van der Waals surface area contributed by atoms with E-state index in [1.54, 1.807) is 19.1 Å². The third kappa shape index (κ3) is 4.49. The number of aliphatic hydroxyl groups is 1. The van der Waals surface area contributed by atoms with Gasteiger partial charge in [-0.3, -0.25) is 9.79 Å². The number of hydrogen-bond acceptors (Lipinski definition) is 7. The summed E-state index contributed by atoms with van der Waals surface area (Å²) < 4.78 is 14.3. The summed E-state index contributed by atoms with van der Waals surface area (Å²) in [4.78, 5) is 28.5. The van der Waals surface area contributed by atoms with Crippen molar-refractivity contribution in [1.82, 2.24) is 15.3 Å². The average molecular weight is 506 g/mol. The molecule has 9 heteroatoms.